The summed E-state index contributed by atoms with van der Waals surface area (Å²) in [5.41, 5.74) is 5.37. The molecule has 1 fully saturated rings. The molecule has 1 saturated heterocycles. The van der Waals surface area contributed by atoms with E-state index in [9.17, 15) is 13.2 Å². The molecule has 0 spiro atoms. The van der Waals surface area contributed by atoms with Crippen LogP contribution >= 0.6 is 11.8 Å². The average molecular weight is 279 g/mol. The summed E-state index contributed by atoms with van der Waals surface area (Å²) in [6.45, 7) is 1.26. The van der Waals surface area contributed by atoms with Gasteiger partial charge in [0.05, 0.1) is 0 Å². The highest BCUT2D eigenvalue weighted by Gasteiger charge is 2.35. The minimum Gasteiger partial charge on any atom is -0.384 e. The maximum Gasteiger partial charge on any atom is 0.451 e. The van der Waals surface area contributed by atoms with Gasteiger partial charge < -0.3 is 10.5 Å². The number of thioether (sulfide) groups is 1. The van der Waals surface area contributed by atoms with Gasteiger partial charge in [0.2, 0.25) is 5.82 Å². The largest absolute Gasteiger partial charge is 0.451 e. The summed E-state index contributed by atoms with van der Waals surface area (Å²) < 4.78 is 42.7. The van der Waals surface area contributed by atoms with E-state index in [1.165, 1.54) is 17.8 Å². The fourth-order valence-electron chi connectivity index (χ4n) is 1.59. The van der Waals surface area contributed by atoms with Crippen LogP contribution in [0.5, 0.6) is 0 Å². The molecule has 0 unspecified atom stereocenters. The molecule has 2 N–H and O–H groups in total. The summed E-state index contributed by atoms with van der Waals surface area (Å²) >= 11 is 1.30. The number of nitrogens with zero attached hydrogens (tertiary/aromatic N) is 2. The van der Waals surface area contributed by atoms with Crippen LogP contribution in [-0.4, -0.2) is 28.4 Å². The van der Waals surface area contributed by atoms with Gasteiger partial charge in [-0.25, -0.2) is 9.97 Å². The topological polar surface area (TPSA) is 61.0 Å². The second-order valence-electron chi connectivity index (χ2n) is 3.88. The Hall–Kier alpha value is -1.02. The van der Waals surface area contributed by atoms with Crippen molar-refractivity contribution in [1.82, 2.24) is 9.97 Å². The van der Waals surface area contributed by atoms with E-state index < -0.39 is 12.0 Å². The van der Waals surface area contributed by atoms with Crippen molar-refractivity contribution < 1.29 is 17.9 Å². The van der Waals surface area contributed by atoms with Gasteiger partial charge in [0.25, 0.3) is 0 Å². The summed E-state index contributed by atoms with van der Waals surface area (Å²) in [5.74, 6) is -1.34. The molecule has 2 rings (SSSR count). The van der Waals surface area contributed by atoms with Crippen molar-refractivity contribution in [3.8, 4) is 0 Å². The second-order valence-corrected chi connectivity index (χ2v) is 5.20. The summed E-state index contributed by atoms with van der Waals surface area (Å²) in [4.78, 5) is 6.71. The van der Waals surface area contributed by atoms with Crippen molar-refractivity contribution in [2.75, 3.05) is 18.9 Å². The molecule has 0 saturated carbocycles. The lowest BCUT2D eigenvalue weighted by Crippen LogP contribution is -2.18. The van der Waals surface area contributed by atoms with Gasteiger partial charge in [-0.1, -0.05) is 0 Å². The summed E-state index contributed by atoms with van der Waals surface area (Å²) in [6.07, 6.45) is -2.97. The molecule has 18 heavy (non-hydrogen) atoms. The number of nitrogen functional groups attached to an aromatic ring is 1. The van der Waals surface area contributed by atoms with Crippen LogP contribution in [0.2, 0.25) is 0 Å². The quantitative estimate of drug-likeness (QED) is 0.842. The number of nitrogens with two attached hydrogens (primary N) is 1. The first kappa shape index (κ1) is 13.4. The summed E-state index contributed by atoms with van der Waals surface area (Å²) in [6, 6.07) is 1.37. The van der Waals surface area contributed by atoms with Crippen LogP contribution in [0.15, 0.2) is 11.1 Å². The molecule has 1 aliphatic heterocycles. The first-order chi connectivity index (χ1) is 8.45. The van der Waals surface area contributed by atoms with Gasteiger partial charge in [-0.05, 0) is 12.8 Å². The number of alkyl halides is 3. The molecule has 4 nitrogen and oxygen atoms in total. The van der Waals surface area contributed by atoms with Crippen molar-refractivity contribution in [3.63, 3.8) is 0 Å². The van der Waals surface area contributed by atoms with E-state index in [0.717, 1.165) is 12.8 Å². The van der Waals surface area contributed by atoms with Crippen molar-refractivity contribution in [3.05, 3.63) is 11.9 Å². The second kappa shape index (κ2) is 5.31. The smallest absolute Gasteiger partial charge is 0.384 e. The van der Waals surface area contributed by atoms with Crippen molar-refractivity contribution >= 4 is 17.6 Å². The van der Waals surface area contributed by atoms with Crippen molar-refractivity contribution in [2.45, 2.75) is 29.3 Å². The van der Waals surface area contributed by atoms with Gasteiger partial charge in [-0.3, -0.25) is 0 Å². The predicted molar refractivity (Wildman–Crippen MR) is 61.1 cm³/mol. The molecule has 1 aromatic heterocycles. The zero-order valence-corrected chi connectivity index (χ0v) is 10.2. The molecule has 0 amide bonds. The van der Waals surface area contributed by atoms with Crippen molar-refractivity contribution in [1.29, 1.82) is 0 Å². The Kier molecular flexibility index (Phi) is 3.96. The number of halogens is 3. The molecule has 0 bridgehead atoms. The van der Waals surface area contributed by atoms with Crippen LogP contribution in [-0.2, 0) is 10.9 Å². The van der Waals surface area contributed by atoms with E-state index in [1.54, 1.807) is 0 Å². The van der Waals surface area contributed by atoms with E-state index in [1.807, 2.05) is 0 Å². The average Bonchev–Trinajstić information content (AvgIpc) is 2.28. The molecule has 100 valence electrons. The fourth-order valence-corrected chi connectivity index (χ4v) is 2.69. The highest BCUT2D eigenvalue weighted by Crippen LogP contribution is 2.32. The molecule has 1 aromatic rings. The number of hydrogen-bond donors (Lipinski definition) is 1. The first-order valence-corrected chi connectivity index (χ1v) is 6.29. The highest BCUT2D eigenvalue weighted by molar-refractivity contribution is 7.99. The molecular formula is C10H12F3N3OS. The van der Waals surface area contributed by atoms with E-state index in [-0.39, 0.29) is 16.1 Å². The van der Waals surface area contributed by atoms with Gasteiger partial charge in [-0.2, -0.15) is 13.2 Å². The number of hydrogen-bond acceptors (Lipinski definition) is 5. The fraction of sp³-hybridized carbons (Fsp3) is 0.600. The van der Waals surface area contributed by atoms with Gasteiger partial charge in [0.15, 0.2) is 0 Å². The number of anilines is 1. The van der Waals surface area contributed by atoms with Crippen molar-refractivity contribution in [2.24, 2.45) is 0 Å². The predicted octanol–water partition coefficient (Wildman–Crippen LogP) is 2.35. The maximum absolute atomic E-state index is 12.5. The zero-order chi connectivity index (χ0) is 13.2. The number of rotatable bonds is 2. The standard InChI is InChI=1S/C10H12F3N3OS/c11-10(12,13)9-15-7(14)5-8(16-9)18-6-1-3-17-4-2-6/h5-6H,1-4H2,(H2,14,15,16). The SMILES string of the molecule is Nc1cc(SC2CCOCC2)nc(C(F)(F)F)n1. The van der Waals surface area contributed by atoms with Gasteiger partial charge >= 0.3 is 6.18 Å². The third-order valence-electron chi connectivity index (χ3n) is 2.43. The van der Waals surface area contributed by atoms with Crippen LogP contribution in [0.3, 0.4) is 0 Å². The Morgan fingerprint density at radius 2 is 1.94 bits per heavy atom. The van der Waals surface area contributed by atoms with Crippen LogP contribution in [0.25, 0.3) is 0 Å². The molecule has 0 atom stereocenters. The van der Waals surface area contributed by atoms with Crippen LogP contribution in [0.1, 0.15) is 18.7 Å². The Morgan fingerprint density at radius 1 is 1.28 bits per heavy atom. The lowest BCUT2D eigenvalue weighted by atomic mass is 10.2. The molecule has 1 aliphatic rings. The lowest BCUT2D eigenvalue weighted by Gasteiger charge is -2.21. The van der Waals surface area contributed by atoms with E-state index in [0.29, 0.717) is 13.2 Å². The van der Waals surface area contributed by atoms with Gasteiger partial charge in [0.1, 0.15) is 10.8 Å². The Balaban J connectivity index is 2.14. The normalized spacial score (nSPS) is 17.9. The third-order valence-corrected chi connectivity index (χ3v) is 3.69. The summed E-state index contributed by atoms with van der Waals surface area (Å²) in [7, 11) is 0. The number of ether oxygens (including phenoxy) is 1. The number of aromatic nitrogens is 2. The Labute approximate surface area is 106 Å². The molecule has 8 heteroatoms. The Bertz CT molecular complexity index is 421. The Morgan fingerprint density at radius 3 is 2.56 bits per heavy atom. The summed E-state index contributed by atoms with van der Waals surface area (Å²) in [5, 5.41) is 0.482. The minimum absolute atomic E-state index is 0.160. The van der Waals surface area contributed by atoms with Crippen LogP contribution in [0, 0.1) is 0 Å². The zero-order valence-electron chi connectivity index (χ0n) is 9.41. The van der Waals surface area contributed by atoms with Crippen LogP contribution in [0.4, 0.5) is 19.0 Å². The minimum atomic E-state index is -4.57. The van der Waals surface area contributed by atoms with Crippen LogP contribution < -0.4 is 5.73 Å². The van der Waals surface area contributed by atoms with Gasteiger partial charge in [-0.15, -0.1) is 11.8 Å². The third kappa shape index (κ3) is 3.49. The van der Waals surface area contributed by atoms with Gasteiger partial charge in [0, 0.05) is 24.5 Å². The lowest BCUT2D eigenvalue weighted by molar-refractivity contribution is -0.145. The monoisotopic (exact) mass is 279 g/mol. The molecule has 0 aliphatic carbocycles. The first-order valence-electron chi connectivity index (χ1n) is 5.41. The van der Waals surface area contributed by atoms with E-state index in [2.05, 4.69) is 9.97 Å². The molecule has 2 heterocycles. The van der Waals surface area contributed by atoms with E-state index >= 15 is 0 Å². The molecule has 0 aromatic carbocycles. The maximum atomic E-state index is 12.5. The van der Waals surface area contributed by atoms with E-state index in [4.69, 9.17) is 10.5 Å². The highest BCUT2D eigenvalue weighted by atomic mass is 32.2. The molecule has 0 radical (unpaired) electrons. The molecular weight excluding hydrogens is 267 g/mol.